The number of nitrogens with one attached hydrogen (secondary N) is 1. The van der Waals surface area contributed by atoms with E-state index in [1.54, 1.807) is 0 Å². The van der Waals surface area contributed by atoms with Crippen LogP contribution in [0, 0.1) is 0 Å². The maximum atomic E-state index is 11.8. The number of fused-ring (bicyclic) bond motifs is 1. The third kappa shape index (κ3) is 3.01. The van der Waals surface area contributed by atoms with Crippen LogP contribution in [-0.2, 0) is 16.0 Å². The monoisotopic (exact) mass is 312 g/mol. The second kappa shape index (κ2) is 5.39. The molecule has 0 radical (unpaired) electrons. The van der Waals surface area contributed by atoms with E-state index in [1.165, 1.54) is 0 Å². The van der Waals surface area contributed by atoms with Crippen LogP contribution in [0.25, 0.3) is 0 Å². The molecule has 0 saturated heterocycles. The Morgan fingerprint density at radius 3 is 3.00 bits per heavy atom. The maximum Gasteiger partial charge on any atom is 0.261 e. The minimum Gasteiger partial charge on any atom is -0.480 e. The van der Waals surface area contributed by atoms with Gasteiger partial charge in [-0.05, 0) is 23.8 Å². The highest BCUT2D eigenvalue weighted by Gasteiger charge is 2.28. The zero-order chi connectivity index (χ0) is 13.1. The van der Waals surface area contributed by atoms with Crippen LogP contribution in [0.4, 0.5) is 0 Å². The number of carbonyl (C=O) groups is 2. The van der Waals surface area contributed by atoms with Gasteiger partial charge in [0.2, 0.25) is 5.91 Å². The summed E-state index contributed by atoms with van der Waals surface area (Å²) in [5.41, 5.74) is 5.99. The predicted octanol–water partition coefficient (Wildman–Crippen LogP) is 0.744. The zero-order valence-corrected chi connectivity index (χ0v) is 11.2. The average molecular weight is 313 g/mol. The molecule has 5 nitrogen and oxygen atoms in total. The molecule has 1 aliphatic heterocycles. The Hall–Kier alpha value is -1.56. The molecule has 1 aromatic carbocycles. The number of ether oxygens (including phenoxy) is 1. The van der Waals surface area contributed by atoms with Crippen LogP contribution in [0.15, 0.2) is 22.7 Å². The number of amides is 2. The molecular weight excluding hydrogens is 300 g/mol. The summed E-state index contributed by atoms with van der Waals surface area (Å²) in [5.74, 6) is 0.0756. The lowest BCUT2D eigenvalue weighted by Crippen LogP contribution is -2.38. The number of primary amides is 1. The summed E-state index contributed by atoms with van der Waals surface area (Å²) in [7, 11) is 0. The Morgan fingerprint density at radius 1 is 1.50 bits per heavy atom. The lowest BCUT2D eigenvalue weighted by Gasteiger charge is -2.10. The van der Waals surface area contributed by atoms with Gasteiger partial charge in [0.05, 0.1) is 0 Å². The second-order valence-electron chi connectivity index (χ2n) is 4.07. The van der Waals surface area contributed by atoms with Crippen molar-refractivity contribution in [2.75, 3.05) is 6.54 Å². The molecule has 0 aliphatic carbocycles. The Labute approximate surface area is 113 Å². The van der Waals surface area contributed by atoms with Crippen molar-refractivity contribution in [1.29, 1.82) is 0 Å². The second-order valence-corrected chi connectivity index (χ2v) is 4.99. The molecule has 96 valence electrons. The van der Waals surface area contributed by atoms with E-state index in [-0.39, 0.29) is 18.9 Å². The van der Waals surface area contributed by atoms with Crippen molar-refractivity contribution in [1.82, 2.24) is 5.32 Å². The largest absolute Gasteiger partial charge is 0.480 e. The molecule has 6 heteroatoms. The highest BCUT2D eigenvalue weighted by Crippen LogP contribution is 2.31. The molecule has 1 aromatic rings. The Bertz CT molecular complexity index is 490. The Morgan fingerprint density at radius 2 is 2.28 bits per heavy atom. The van der Waals surface area contributed by atoms with E-state index in [4.69, 9.17) is 10.5 Å². The van der Waals surface area contributed by atoms with Crippen LogP contribution in [0.5, 0.6) is 5.75 Å². The molecule has 0 aromatic heterocycles. The van der Waals surface area contributed by atoms with Crippen molar-refractivity contribution < 1.29 is 14.3 Å². The first-order valence-corrected chi connectivity index (χ1v) is 6.36. The summed E-state index contributed by atoms with van der Waals surface area (Å²) in [4.78, 5) is 22.3. The number of benzene rings is 1. The van der Waals surface area contributed by atoms with Gasteiger partial charge in [-0.1, -0.05) is 15.9 Å². The fourth-order valence-electron chi connectivity index (χ4n) is 1.79. The zero-order valence-electron chi connectivity index (χ0n) is 9.61. The van der Waals surface area contributed by atoms with Gasteiger partial charge in [0.1, 0.15) is 5.75 Å². The molecule has 0 saturated carbocycles. The summed E-state index contributed by atoms with van der Waals surface area (Å²) in [6.45, 7) is 0.244. The first-order valence-electron chi connectivity index (χ1n) is 5.57. The van der Waals surface area contributed by atoms with Crippen LogP contribution in [-0.4, -0.2) is 24.5 Å². The minimum atomic E-state index is -0.526. The van der Waals surface area contributed by atoms with E-state index < -0.39 is 12.0 Å². The van der Waals surface area contributed by atoms with Crippen molar-refractivity contribution in [3.05, 3.63) is 28.2 Å². The number of halogens is 1. The van der Waals surface area contributed by atoms with E-state index in [0.29, 0.717) is 6.42 Å². The first-order chi connectivity index (χ1) is 8.56. The van der Waals surface area contributed by atoms with Gasteiger partial charge in [-0.2, -0.15) is 0 Å². The van der Waals surface area contributed by atoms with Crippen molar-refractivity contribution >= 4 is 27.7 Å². The molecule has 1 heterocycles. The topological polar surface area (TPSA) is 81.4 Å². The van der Waals surface area contributed by atoms with Gasteiger partial charge in [0.15, 0.2) is 6.10 Å². The van der Waals surface area contributed by atoms with Crippen molar-refractivity contribution in [3.63, 3.8) is 0 Å². The summed E-state index contributed by atoms with van der Waals surface area (Å²) in [5, 5.41) is 2.63. The van der Waals surface area contributed by atoms with Gasteiger partial charge in [0.25, 0.3) is 5.91 Å². The van der Waals surface area contributed by atoms with Crippen molar-refractivity contribution in [2.24, 2.45) is 5.73 Å². The van der Waals surface area contributed by atoms with Crippen LogP contribution in [0.2, 0.25) is 0 Å². The van der Waals surface area contributed by atoms with Crippen molar-refractivity contribution in [2.45, 2.75) is 18.9 Å². The number of carbonyl (C=O) groups excluding carboxylic acids is 2. The van der Waals surface area contributed by atoms with Gasteiger partial charge >= 0.3 is 0 Å². The summed E-state index contributed by atoms with van der Waals surface area (Å²) in [6, 6.07) is 5.63. The Kier molecular flexibility index (Phi) is 3.86. The molecule has 1 atom stereocenters. The Balaban J connectivity index is 1.90. The summed E-state index contributed by atoms with van der Waals surface area (Å²) < 4.78 is 6.49. The smallest absolute Gasteiger partial charge is 0.261 e. The third-order valence-electron chi connectivity index (χ3n) is 2.66. The molecule has 0 bridgehead atoms. The number of nitrogens with two attached hydrogens (primary N) is 1. The highest BCUT2D eigenvalue weighted by molar-refractivity contribution is 9.10. The van der Waals surface area contributed by atoms with Gasteiger partial charge in [-0.3, -0.25) is 9.59 Å². The van der Waals surface area contributed by atoms with E-state index in [1.807, 2.05) is 18.2 Å². The SMILES string of the molecule is NC(=O)CCNC(=O)[C@H]1Cc2cc(Br)ccc2O1. The lowest BCUT2D eigenvalue weighted by molar-refractivity contribution is -0.127. The predicted molar refractivity (Wildman–Crippen MR) is 69.1 cm³/mol. The van der Waals surface area contributed by atoms with Crippen molar-refractivity contribution in [3.8, 4) is 5.75 Å². The summed E-state index contributed by atoms with van der Waals surface area (Å²) in [6.07, 6.45) is 0.149. The van der Waals surface area contributed by atoms with Gasteiger partial charge in [-0.15, -0.1) is 0 Å². The molecule has 0 fully saturated rings. The van der Waals surface area contributed by atoms with Crippen LogP contribution in [0.1, 0.15) is 12.0 Å². The molecule has 1 aliphatic rings. The standard InChI is InChI=1S/C12H13BrN2O3/c13-8-1-2-9-7(5-8)6-10(18-9)12(17)15-4-3-11(14)16/h1-2,5,10H,3-4,6H2,(H2,14,16)(H,15,17)/t10-/m1/s1. The normalized spacial score (nSPS) is 16.8. The number of hydrogen-bond acceptors (Lipinski definition) is 3. The van der Waals surface area contributed by atoms with E-state index in [2.05, 4.69) is 21.2 Å². The highest BCUT2D eigenvalue weighted by atomic mass is 79.9. The van der Waals surface area contributed by atoms with Gasteiger partial charge in [-0.25, -0.2) is 0 Å². The molecule has 0 spiro atoms. The number of hydrogen-bond donors (Lipinski definition) is 2. The minimum absolute atomic E-state index is 0.136. The van der Waals surface area contributed by atoms with Crippen LogP contribution in [0.3, 0.4) is 0 Å². The first kappa shape index (κ1) is 12.9. The fraction of sp³-hybridized carbons (Fsp3) is 0.333. The van der Waals surface area contributed by atoms with Gasteiger partial charge in [0, 0.05) is 23.9 Å². The molecule has 18 heavy (non-hydrogen) atoms. The fourth-order valence-corrected chi connectivity index (χ4v) is 2.19. The van der Waals surface area contributed by atoms with E-state index in [9.17, 15) is 9.59 Å². The lowest BCUT2D eigenvalue weighted by atomic mass is 10.1. The quantitative estimate of drug-likeness (QED) is 0.860. The van der Waals surface area contributed by atoms with Crippen LogP contribution < -0.4 is 15.8 Å². The maximum absolute atomic E-state index is 11.8. The molecule has 3 N–H and O–H groups in total. The molecule has 0 unspecified atom stereocenters. The van der Waals surface area contributed by atoms with E-state index >= 15 is 0 Å². The van der Waals surface area contributed by atoms with Gasteiger partial charge < -0.3 is 15.8 Å². The summed E-state index contributed by atoms with van der Waals surface area (Å²) >= 11 is 3.37. The molecule has 2 amide bonds. The van der Waals surface area contributed by atoms with Crippen LogP contribution >= 0.6 is 15.9 Å². The number of rotatable bonds is 4. The van der Waals surface area contributed by atoms with E-state index in [0.717, 1.165) is 15.8 Å². The molecule has 2 rings (SSSR count). The molecular formula is C12H13BrN2O3. The third-order valence-corrected chi connectivity index (χ3v) is 3.15. The average Bonchev–Trinajstić information content (AvgIpc) is 2.71.